The van der Waals surface area contributed by atoms with Gasteiger partial charge in [-0.3, -0.25) is 0 Å². The van der Waals surface area contributed by atoms with E-state index in [0.29, 0.717) is 0 Å². The second-order valence-corrected chi connectivity index (χ2v) is 4.70. The lowest BCUT2D eigenvalue weighted by atomic mass is 10.2. The van der Waals surface area contributed by atoms with Crippen molar-refractivity contribution in [2.24, 2.45) is 0 Å². The summed E-state index contributed by atoms with van der Waals surface area (Å²) < 4.78 is 33.7. The highest BCUT2D eigenvalue weighted by Gasteiger charge is 2.23. The number of hydrogen-bond donors (Lipinski definition) is 0. The van der Waals surface area contributed by atoms with Crippen molar-refractivity contribution in [2.45, 2.75) is 12.2 Å². The molecule has 0 aliphatic heterocycles. The molecule has 72 valence electrons. The summed E-state index contributed by atoms with van der Waals surface area (Å²) in [4.78, 5) is 0. The summed E-state index contributed by atoms with van der Waals surface area (Å²) in [7, 11) is -4.56. The van der Waals surface area contributed by atoms with Crippen molar-refractivity contribution in [2.75, 3.05) is 0 Å². The second-order valence-electron chi connectivity index (χ2n) is 2.64. The van der Waals surface area contributed by atoms with Crippen molar-refractivity contribution in [3.63, 3.8) is 0 Å². The zero-order valence-electron chi connectivity index (χ0n) is 6.87. The Labute approximate surface area is 81.6 Å². The Bertz CT molecular complexity index is 402. The zero-order valence-corrected chi connectivity index (χ0v) is 8.44. The van der Waals surface area contributed by atoms with Gasteiger partial charge in [0.05, 0.1) is 0 Å². The lowest BCUT2D eigenvalue weighted by molar-refractivity contribution is 0.540. The summed E-state index contributed by atoms with van der Waals surface area (Å²) in [6, 6.07) is 6.29. The molecular weight excluding hydrogens is 215 g/mol. The van der Waals surface area contributed by atoms with E-state index in [1.165, 1.54) is 19.1 Å². The second kappa shape index (κ2) is 3.64. The van der Waals surface area contributed by atoms with Crippen LogP contribution in [-0.2, 0) is 10.2 Å². The van der Waals surface area contributed by atoms with E-state index in [4.69, 9.17) is 11.6 Å². The van der Waals surface area contributed by atoms with Crippen molar-refractivity contribution in [1.29, 1.82) is 0 Å². The van der Waals surface area contributed by atoms with Gasteiger partial charge in [-0.05, 0) is 18.6 Å². The molecule has 0 amide bonds. The van der Waals surface area contributed by atoms with E-state index in [9.17, 15) is 12.3 Å². The van der Waals surface area contributed by atoms with Gasteiger partial charge in [-0.25, -0.2) is 0 Å². The lowest BCUT2D eigenvalue weighted by Crippen LogP contribution is -2.04. The first-order chi connectivity index (χ1) is 5.93. The van der Waals surface area contributed by atoms with Gasteiger partial charge in [0.2, 0.25) is 0 Å². The van der Waals surface area contributed by atoms with Crippen LogP contribution in [0.4, 0.5) is 3.89 Å². The fraction of sp³-hybridized carbons (Fsp3) is 0.250. The molecule has 0 heterocycles. The average Bonchev–Trinajstić information content (AvgIpc) is 2.02. The predicted molar refractivity (Wildman–Crippen MR) is 49.9 cm³/mol. The summed E-state index contributed by atoms with van der Waals surface area (Å²) in [6.07, 6.45) is 0. The summed E-state index contributed by atoms with van der Waals surface area (Å²) in [5.41, 5.74) is 0.284. The third kappa shape index (κ3) is 2.42. The molecule has 1 unspecified atom stereocenters. The Morgan fingerprint density at radius 1 is 1.38 bits per heavy atom. The molecule has 0 aliphatic carbocycles. The van der Waals surface area contributed by atoms with E-state index >= 15 is 0 Å². The van der Waals surface area contributed by atoms with Gasteiger partial charge in [0, 0.05) is 5.02 Å². The Hall–Kier alpha value is -0.610. The van der Waals surface area contributed by atoms with Crippen LogP contribution in [-0.4, -0.2) is 8.42 Å². The first-order valence-corrected chi connectivity index (χ1v) is 5.43. The minimum Gasteiger partial charge on any atom is -0.194 e. The topological polar surface area (TPSA) is 34.1 Å². The van der Waals surface area contributed by atoms with Crippen LogP contribution in [0.3, 0.4) is 0 Å². The Morgan fingerprint density at radius 3 is 2.38 bits per heavy atom. The van der Waals surface area contributed by atoms with Gasteiger partial charge in [-0.15, -0.1) is 3.89 Å². The molecular formula is C8H8ClFO2S. The van der Waals surface area contributed by atoms with Gasteiger partial charge in [-0.1, -0.05) is 29.8 Å². The number of halogens is 2. The third-order valence-corrected chi connectivity index (χ3v) is 3.21. The standard InChI is InChI=1S/C8H8ClFO2S/c1-6(13(10,11)12)7-4-2-3-5-8(7)9/h2-6H,1H3. The van der Waals surface area contributed by atoms with E-state index in [-0.39, 0.29) is 10.6 Å². The molecule has 1 aromatic rings. The van der Waals surface area contributed by atoms with Crippen molar-refractivity contribution >= 4 is 21.8 Å². The summed E-state index contributed by atoms with van der Waals surface area (Å²) in [5.74, 6) is 0. The van der Waals surface area contributed by atoms with Crippen LogP contribution in [0.15, 0.2) is 24.3 Å². The molecule has 1 aromatic carbocycles. The molecule has 0 N–H and O–H groups in total. The number of rotatable bonds is 2. The van der Waals surface area contributed by atoms with Gasteiger partial charge in [0.15, 0.2) is 0 Å². The Kier molecular flexibility index (Phi) is 2.93. The SMILES string of the molecule is CC(c1ccccc1Cl)S(=O)(=O)F. The average molecular weight is 223 g/mol. The molecule has 0 aromatic heterocycles. The maximum absolute atomic E-state index is 12.6. The van der Waals surface area contributed by atoms with Crippen LogP contribution in [0, 0.1) is 0 Å². The summed E-state index contributed by atoms with van der Waals surface area (Å²) in [6.45, 7) is 1.26. The fourth-order valence-corrected chi connectivity index (χ4v) is 1.83. The van der Waals surface area contributed by atoms with Crippen molar-refractivity contribution in [3.05, 3.63) is 34.9 Å². The highest BCUT2D eigenvalue weighted by Crippen LogP contribution is 2.28. The molecule has 0 fully saturated rings. The molecule has 1 atom stereocenters. The largest absolute Gasteiger partial charge is 0.309 e. The van der Waals surface area contributed by atoms with Gasteiger partial charge >= 0.3 is 10.2 Å². The molecule has 13 heavy (non-hydrogen) atoms. The fourth-order valence-electron chi connectivity index (χ4n) is 0.956. The van der Waals surface area contributed by atoms with E-state index in [2.05, 4.69) is 0 Å². The van der Waals surface area contributed by atoms with E-state index in [0.717, 1.165) is 0 Å². The number of hydrogen-bond acceptors (Lipinski definition) is 2. The monoisotopic (exact) mass is 222 g/mol. The first-order valence-electron chi connectivity index (χ1n) is 3.61. The molecule has 0 saturated heterocycles. The Balaban J connectivity index is 3.17. The minimum atomic E-state index is -4.56. The van der Waals surface area contributed by atoms with Crippen LogP contribution in [0.1, 0.15) is 17.7 Å². The molecule has 0 aliphatic rings. The lowest BCUT2D eigenvalue weighted by Gasteiger charge is -2.07. The summed E-state index contributed by atoms with van der Waals surface area (Å²) in [5, 5.41) is -0.947. The third-order valence-electron chi connectivity index (χ3n) is 1.77. The minimum absolute atomic E-state index is 0.260. The van der Waals surface area contributed by atoms with Crippen LogP contribution in [0.25, 0.3) is 0 Å². The summed E-state index contributed by atoms with van der Waals surface area (Å²) >= 11 is 5.69. The van der Waals surface area contributed by atoms with Crippen LogP contribution >= 0.6 is 11.6 Å². The van der Waals surface area contributed by atoms with Gasteiger partial charge in [0.25, 0.3) is 0 Å². The normalized spacial score (nSPS) is 14.1. The van der Waals surface area contributed by atoms with Gasteiger partial charge in [0.1, 0.15) is 5.25 Å². The maximum Gasteiger partial charge on any atom is 0.309 e. The molecule has 0 bridgehead atoms. The quantitative estimate of drug-likeness (QED) is 0.721. The zero-order chi connectivity index (χ0) is 10.1. The van der Waals surface area contributed by atoms with Crippen LogP contribution < -0.4 is 0 Å². The highest BCUT2D eigenvalue weighted by atomic mass is 35.5. The molecule has 0 radical (unpaired) electrons. The smallest absolute Gasteiger partial charge is 0.194 e. The molecule has 1 rings (SSSR count). The van der Waals surface area contributed by atoms with Crippen molar-refractivity contribution in [3.8, 4) is 0 Å². The molecule has 0 spiro atoms. The van der Waals surface area contributed by atoms with E-state index in [1.807, 2.05) is 0 Å². The van der Waals surface area contributed by atoms with Crippen molar-refractivity contribution < 1.29 is 12.3 Å². The molecule has 2 nitrogen and oxygen atoms in total. The van der Waals surface area contributed by atoms with E-state index < -0.39 is 15.5 Å². The molecule has 0 saturated carbocycles. The highest BCUT2D eigenvalue weighted by molar-refractivity contribution is 7.86. The van der Waals surface area contributed by atoms with E-state index in [1.54, 1.807) is 12.1 Å². The maximum atomic E-state index is 12.6. The van der Waals surface area contributed by atoms with Gasteiger partial charge < -0.3 is 0 Å². The number of benzene rings is 1. The first kappa shape index (κ1) is 10.5. The predicted octanol–water partition coefficient (Wildman–Crippen LogP) is 2.70. The van der Waals surface area contributed by atoms with Crippen LogP contribution in [0.5, 0.6) is 0 Å². The Morgan fingerprint density at radius 2 is 1.92 bits per heavy atom. The molecule has 5 heteroatoms. The van der Waals surface area contributed by atoms with Crippen molar-refractivity contribution in [1.82, 2.24) is 0 Å². The van der Waals surface area contributed by atoms with Gasteiger partial charge in [-0.2, -0.15) is 8.42 Å². The van der Waals surface area contributed by atoms with Crippen LogP contribution in [0.2, 0.25) is 5.02 Å².